The number of carbonyl (C=O) groups excluding carboxylic acids is 2. The molecule has 0 saturated carbocycles. The normalized spacial score (nSPS) is 10.5. The first kappa shape index (κ1) is 18.3. The number of amides is 2. The second kappa shape index (κ2) is 8.18. The molecule has 0 unspecified atom stereocenters. The van der Waals surface area contributed by atoms with E-state index < -0.39 is 5.91 Å². The lowest BCUT2D eigenvalue weighted by Gasteiger charge is -2.10. The van der Waals surface area contributed by atoms with Crippen LogP contribution >= 0.6 is 23.2 Å². The first-order chi connectivity index (χ1) is 11.4. The average molecular weight is 365 g/mol. The summed E-state index contributed by atoms with van der Waals surface area (Å²) in [5, 5.41) is 5.98. The zero-order valence-electron chi connectivity index (χ0n) is 13.4. The molecule has 0 aliphatic heterocycles. The summed E-state index contributed by atoms with van der Waals surface area (Å²) in [7, 11) is 0. The SMILES string of the molecule is CC(C)c1cccc(NC(=O)CNC(=O)c2ccc(Cl)cc2Cl)c1. The van der Waals surface area contributed by atoms with E-state index in [0.29, 0.717) is 16.6 Å². The number of hydrogen-bond donors (Lipinski definition) is 2. The fourth-order valence-corrected chi connectivity index (χ4v) is 2.60. The highest BCUT2D eigenvalue weighted by Crippen LogP contribution is 2.21. The highest BCUT2D eigenvalue weighted by molar-refractivity contribution is 6.36. The van der Waals surface area contributed by atoms with Crippen molar-refractivity contribution in [1.29, 1.82) is 0 Å². The number of halogens is 2. The van der Waals surface area contributed by atoms with Crippen molar-refractivity contribution in [2.75, 3.05) is 11.9 Å². The fraction of sp³-hybridized carbons (Fsp3) is 0.222. The molecule has 2 aromatic rings. The van der Waals surface area contributed by atoms with E-state index in [1.54, 1.807) is 6.07 Å². The van der Waals surface area contributed by atoms with Gasteiger partial charge >= 0.3 is 0 Å². The second-order valence-corrected chi connectivity index (χ2v) is 6.48. The molecule has 0 heterocycles. The van der Waals surface area contributed by atoms with Gasteiger partial charge in [0.2, 0.25) is 5.91 Å². The van der Waals surface area contributed by atoms with Gasteiger partial charge in [0.05, 0.1) is 17.1 Å². The molecule has 2 aromatic carbocycles. The minimum Gasteiger partial charge on any atom is -0.343 e. The van der Waals surface area contributed by atoms with Crippen molar-refractivity contribution in [3.05, 3.63) is 63.6 Å². The minimum absolute atomic E-state index is 0.149. The molecule has 0 radical (unpaired) electrons. The average Bonchev–Trinajstić information content (AvgIpc) is 2.53. The monoisotopic (exact) mass is 364 g/mol. The van der Waals surface area contributed by atoms with Crippen LogP contribution in [0, 0.1) is 0 Å². The van der Waals surface area contributed by atoms with Crippen molar-refractivity contribution in [2.24, 2.45) is 0 Å². The largest absolute Gasteiger partial charge is 0.343 e. The third-order valence-electron chi connectivity index (χ3n) is 3.42. The van der Waals surface area contributed by atoms with Crippen LogP contribution in [-0.4, -0.2) is 18.4 Å². The number of carbonyl (C=O) groups is 2. The maximum Gasteiger partial charge on any atom is 0.253 e. The Kier molecular flexibility index (Phi) is 6.23. The summed E-state index contributed by atoms with van der Waals surface area (Å²) in [6, 6.07) is 12.2. The van der Waals surface area contributed by atoms with E-state index >= 15 is 0 Å². The smallest absolute Gasteiger partial charge is 0.253 e. The van der Waals surface area contributed by atoms with Crippen LogP contribution in [0.5, 0.6) is 0 Å². The molecule has 0 bridgehead atoms. The zero-order chi connectivity index (χ0) is 17.7. The Bertz CT molecular complexity index is 760. The Morgan fingerprint density at radius 3 is 2.50 bits per heavy atom. The summed E-state index contributed by atoms with van der Waals surface area (Å²) >= 11 is 11.8. The second-order valence-electron chi connectivity index (χ2n) is 5.64. The molecule has 2 N–H and O–H groups in total. The Morgan fingerprint density at radius 1 is 1.08 bits per heavy atom. The van der Waals surface area contributed by atoms with Crippen LogP contribution in [-0.2, 0) is 4.79 Å². The first-order valence-electron chi connectivity index (χ1n) is 7.50. The number of rotatable bonds is 5. The van der Waals surface area contributed by atoms with Gasteiger partial charge in [-0.05, 0) is 41.8 Å². The van der Waals surface area contributed by atoms with Crippen LogP contribution in [0.25, 0.3) is 0 Å². The predicted octanol–water partition coefficient (Wildman–Crippen LogP) is 4.49. The van der Waals surface area contributed by atoms with Gasteiger partial charge in [0.25, 0.3) is 5.91 Å². The van der Waals surface area contributed by atoms with Gasteiger partial charge in [0.15, 0.2) is 0 Å². The van der Waals surface area contributed by atoms with Gasteiger partial charge < -0.3 is 10.6 Å². The number of benzene rings is 2. The molecule has 0 spiro atoms. The van der Waals surface area contributed by atoms with Crippen molar-refractivity contribution in [3.8, 4) is 0 Å². The molecule has 0 aromatic heterocycles. The van der Waals surface area contributed by atoms with Gasteiger partial charge in [-0.25, -0.2) is 0 Å². The summed E-state index contributed by atoms with van der Waals surface area (Å²) in [4.78, 5) is 24.0. The van der Waals surface area contributed by atoms with Gasteiger partial charge in [0.1, 0.15) is 0 Å². The molecule has 0 aliphatic carbocycles. The summed E-state index contributed by atoms with van der Waals surface area (Å²) in [5.41, 5.74) is 2.10. The summed E-state index contributed by atoms with van der Waals surface area (Å²) in [5.74, 6) is -0.370. The Balaban J connectivity index is 1.93. The van der Waals surface area contributed by atoms with Gasteiger partial charge in [-0.3, -0.25) is 9.59 Å². The quantitative estimate of drug-likeness (QED) is 0.821. The van der Waals surface area contributed by atoms with Gasteiger partial charge in [0, 0.05) is 10.7 Å². The Hall–Kier alpha value is -2.04. The van der Waals surface area contributed by atoms with Gasteiger partial charge in [-0.1, -0.05) is 49.2 Å². The van der Waals surface area contributed by atoms with Crippen LogP contribution in [0.3, 0.4) is 0 Å². The van der Waals surface area contributed by atoms with E-state index in [-0.39, 0.29) is 23.0 Å². The third kappa shape index (κ3) is 4.98. The summed E-state index contributed by atoms with van der Waals surface area (Å²) < 4.78 is 0. The zero-order valence-corrected chi connectivity index (χ0v) is 14.9. The minimum atomic E-state index is -0.428. The van der Waals surface area contributed by atoms with Gasteiger partial charge in [-0.2, -0.15) is 0 Å². The molecule has 0 fully saturated rings. The van der Waals surface area contributed by atoms with E-state index in [9.17, 15) is 9.59 Å². The molecular weight excluding hydrogens is 347 g/mol. The molecule has 2 amide bonds. The van der Waals surface area contributed by atoms with Crippen LogP contribution in [0.15, 0.2) is 42.5 Å². The van der Waals surface area contributed by atoms with Crippen molar-refractivity contribution in [1.82, 2.24) is 5.32 Å². The van der Waals surface area contributed by atoms with Gasteiger partial charge in [-0.15, -0.1) is 0 Å². The molecule has 0 atom stereocenters. The summed E-state index contributed by atoms with van der Waals surface area (Å²) in [6.45, 7) is 4.01. The maximum absolute atomic E-state index is 12.1. The number of nitrogens with one attached hydrogen (secondary N) is 2. The first-order valence-corrected chi connectivity index (χ1v) is 8.25. The Labute approximate surface area is 151 Å². The maximum atomic E-state index is 12.1. The van der Waals surface area contributed by atoms with Crippen molar-refractivity contribution >= 4 is 40.7 Å². The topological polar surface area (TPSA) is 58.2 Å². The third-order valence-corrected chi connectivity index (χ3v) is 3.97. The molecule has 0 saturated heterocycles. The standard InChI is InChI=1S/C18H18Cl2N2O2/c1-11(2)12-4-3-5-14(8-12)22-17(23)10-21-18(24)15-7-6-13(19)9-16(15)20/h3-9,11H,10H2,1-2H3,(H,21,24)(H,22,23). The molecule has 24 heavy (non-hydrogen) atoms. The molecule has 6 heteroatoms. The number of anilines is 1. The molecule has 4 nitrogen and oxygen atoms in total. The van der Waals surface area contributed by atoms with Crippen molar-refractivity contribution in [2.45, 2.75) is 19.8 Å². The van der Waals surface area contributed by atoms with Crippen LogP contribution < -0.4 is 10.6 Å². The van der Waals surface area contributed by atoms with E-state index in [4.69, 9.17) is 23.2 Å². The lowest BCUT2D eigenvalue weighted by molar-refractivity contribution is -0.115. The van der Waals surface area contributed by atoms with Crippen LogP contribution in [0.4, 0.5) is 5.69 Å². The highest BCUT2D eigenvalue weighted by atomic mass is 35.5. The Morgan fingerprint density at radius 2 is 1.83 bits per heavy atom. The lowest BCUT2D eigenvalue weighted by atomic mass is 10.0. The van der Waals surface area contributed by atoms with Crippen molar-refractivity contribution < 1.29 is 9.59 Å². The van der Waals surface area contributed by atoms with Crippen LogP contribution in [0.2, 0.25) is 10.0 Å². The van der Waals surface area contributed by atoms with E-state index in [1.165, 1.54) is 12.1 Å². The predicted molar refractivity (Wildman–Crippen MR) is 98.0 cm³/mol. The molecular formula is C18H18Cl2N2O2. The van der Waals surface area contributed by atoms with E-state index in [0.717, 1.165) is 5.56 Å². The van der Waals surface area contributed by atoms with Crippen LogP contribution in [0.1, 0.15) is 35.7 Å². The van der Waals surface area contributed by atoms with Crippen molar-refractivity contribution in [3.63, 3.8) is 0 Å². The summed E-state index contributed by atoms with van der Waals surface area (Å²) in [6.07, 6.45) is 0. The molecule has 2 rings (SSSR count). The fourth-order valence-electron chi connectivity index (χ4n) is 2.11. The number of hydrogen-bond acceptors (Lipinski definition) is 2. The lowest BCUT2D eigenvalue weighted by Crippen LogP contribution is -2.33. The van der Waals surface area contributed by atoms with E-state index in [1.807, 2.05) is 24.3 Å². The highest BCUT2D eigenvalue weighted by Gasteiger charge is 2.12. The van der Waals surface area contributed by atoms with E-state index in [2.05, 4.69) is 24.5 Å². The molecule has 126 valence electrons. The molecule has 0 aliphatic rings.